The number of rotatable bonds is 4. The van der Waals surface area contributed by atoms with Gasteiger partial charge in [-0.3, -0.25) is 0 Å². The normalized spacial score (nSPS) is 22.5. The van der Waals surface area contributed by atoms with Crippen LogP contribution in [0.15, 0.2) is 18.2 Å². The highest BCUT2D eigenvalue weighted by atomic mass is 19.4. The Hall–Kier alpha value is -1.27. The maximum Gasteiger partial charge on any atom is 0.416 e. The summed E-state index contributed by atoms with van der Waals surface area (Å²) in [5.74, 6) is 0.392. The zero-order valence-electron chi connectivity index (χ0n) is 11.3. The van der Waals surface area contributed by atoms with Gasteiger partial charge in [-0.25, -0.2) is 0 Å². The number of halogens is 3. The summed E-state index contributed by atoms with van der Waals surface area (Å²) >= 11 is 0. The average molecular weight is 288 g/mol. The fourth-order valence-electron chi connectivity index (χ4n) is 2.63. The van der Waals surface area contributed by atoms with E-state index in [0.29, 0.717) is 11.5 Å². The van der Waals surface area contributed by atoms with Crippen molar-refractivity contribution >= 4 is 5.69 Å². The highest BCUT2D eigenvalue weighted by Crippen LogP contribution is 2.34. The number of nitrogens with zero attached hydrogens (tertiary/aromatic N) is 1. The molecule has 0 amide bonds. The van der Waals surface area contributed by atoms with E-state index in [9.17, 15) is 18.3 Å². The van der Waals surface area contributed by atoms with Gasteiger partial charge in [0.1, 0.15) is 0 Å². The standard InChI is InChI=1S/C14H19F3N2O/c1-19(8-9-4-12(20)5-9)13-3-2-11(14(15,16)17)6-10(13)7-18/h2-3,6,9,12,20H,4-5,7-8,18H2,1H3. The van der Waals surface area contributed by atoms with E-state index in [1.54, 1.807) is 0 Å². The fraction of sp³-hybridized carbons (Fsp3) is 0.571. The Balaban J connectivity index is 2.14. The summed E-state index contributed by atoms with van der Waals surface area (Å²) in [7, 11) is 1.84. The maximum atomic E-state index is 12.7. The minimum absolute atomic E-state index is 0.0664. The van der Waals surface area contributed by atoms with Gasteiger partial charge in [0.05, 0.1) is 11.7 Å². The van der Waals surface area contributed by atoms with Crippen LogP contribution in [0.1, 0.15) is 24.0 Å². The lowest BCUT2D eigenvalue weighted by Gasteiger charge is -2.35. The third kappa shape index (κ3) is 3.24. The van der Waals surface area contributed by atoms with Gasteiger partial charge in [-0.05, 0) is 42.5 Å². The molecule has 3 nitrogen and oxygen atoms in total. The SMILES string of the molecule is CN(CC1CC(O)C1)c1ccc(C(F)(F)F)cc1CN. The lowest BCUT2D eigenvalue weighted by Crippen LogP contribution is -2.37. The summed E-state index contributed by atoms with van der Waals surface area (Å²) in [6, 6.07) is 3.67. The van der Waals surface area contributed by atoms with E-state index < -0.39 is 11.7 Å². The zero-order chi connectivity index (χ0) is 14.9. The second-order valence-corrected chi connectivity index (χ2v) is 5.42. The van der Waals surface area contributed by atoms with Gasteiger partial charge in [0, 0.05) is 25.8 Å². The molecule has 1 aliphatic carbocycles. The van der Waals surface area contributed by atoms with Crippen LogP contribution >= 0.6 is 0 Å². The minimum Gasteiger partial charge on any atom is -0.393 e. The molecule has 0 aliphatic heterocycles. The molecule has 0 aromatic heterocycles. The third-order valence-corrected chi connectivity index (χ3v) is 3.78. The van der Waals surface area contributed by atoms with Crippen LogP contribution in [0, 0.1) is 5.92 Å². The van der Waals surface area contributed by atoms with E-state index in [0.717, 1.165) is 37.2 Å². The molecule has 2 rings (SSSR count). The van der Waals surface area contributed by atoms with Gasteiger partial charge < -0.3 is 15.7 Å². The number of hydrogen-bond donors (Lipinski definition) is 2. The monoisotopic (exact) mass is 288 g/mol. The van der Waals surface area contributed by atoms with Crippen LogP contribution in [-0.2, 0) is 12.7 Å². The van der Waals surface area contributed by atoms with Gasteiger partial charge >= 0.3 is 6.18 Å². The molecule has 1 saturated carbocycles. The Kier molecular flexibility index (Phi) is 4.25. The van der Waals surface area contributed by atoms with Crippen LogP contribution < -0.4 is 10.6 Å². The van der Waals surface area contributed by atoms with Crippen LogP contribution in [0.4, 0.5) is 18.9 Å². The summed E-state index contributed by atoms with van der Waals surface area (Å²) < 4.78 is 38.0. The fourth-order valence-corrected chi connectivity index (χ4v) is 2.63. The number of aliphatic hydroxyl groups excluding tert-OH is 1. The van der Waals surface area contributed by atoms with Crippen molar-refractivity contribution in [2.75, 3.05) is 18.5 Å². The second-order valence-electron chi connectivity index (χ2n) is 5.42. The largest absolute Gasteiger partial charge is 0.416 e. The molecule has 0 spiro atoms. The maximum absolute atomic E-state index is 12.7. The van der Waals surface area contributed by atoms with Crippen LogP contribution in [0.3, 0.4) is 0 Å². The van der Waals surface area contributed by atoms with Crippen LogP contribution in [0.2, 0.25) is 0 Å². The Morgan fingerprint density at radius 1 is 1.35 bits per heavy atom. The molecule has 1 aliphatic rings. The highest BCUT2D eigenvalue weighted by molar-refractivity contribution is 5.55. The zero-order valence-corrected chi connectivity index (χ0v) is 11.3. The van der Waals surface area contributed by atoms with Crippen molar-refractivity contribution in [2.24, 2.45) is 11.7 Å². The first kappa shape index (κ1) is 15.1. The number of hydrogen-bond acceptors (Lipinski definition) is 3. The second kappa shape index (κ2) is 5.61. The number of nitrogens with two attached hydrogens (primary N) is 1. The molecular weight excluding hydrogens is 269 g/mol. The summed E-state index contributed by atoms with van der Waals surface area (Å²) in [5, 5.41) is 9.26. The van der Waals surface area contributed by atoms with Crippen molar-refractivity contribution in [1.29, 1.82) is 0 Å². The molecule has 1 aromatic carbocycles. The van der Waals surface area contributed by atoms with Crippen molar-refractivity contribution in [3.63, 3.8) is 0 Å². The van der Waals surface area contributed by atoms with Gasteiger partial charge in [0.25, 0.3) is 0 Å². The summed E-state index contributed by atoms with van der Waals surface area (Å²) in [6.45, 7) is 0.784. The van der Waals surface area contributed by atoms with E-state index in [-0.39, 0.29) is 12.6 Å². The number of aliphatic hydroxyl groups is 1. The lowest BCUT2D eigenvalue weighted by molar-refractivity contribution is -0.137. The predicted octanol–water partition coefficient (Wildman–Crippen LogP) is 2.37. The molecule has 0 bridgehead atoms. The third-order valence-electron chi connectivity index (χ3n) is 3.78. The Morgan fingerprint density at radius 2 is 2.00 bits per heavy atom. The Morgan fingerprint density at radius 3 is 2.50 bits per heavy atom. The van der Waals surface area contributed by atoms with Crippen molar-refractivity contribution in [1.82, 2.24) is 0 Å². The van der Waals surface area contributed by atoms with Crippen molar-refractivity contribution in [3.8, 4) is 0 Å². The molecule has 3 N–H and O–H groups in total. The van der Waals surface area contributed by atoms with Gasteiger partial charge in [0.15, 0.2) is 0 Å². The lowest BCUT2D eigenvalue weighted by atomic mass is 9.82. The first-order valence-corrected chi connectivity index (χ1v) is 6.60. The van der Waals surface area contributed by atoms with E-state index >= 15 is 0 Å². The van der Waals surface area contributed by atoms with Crippen molar-refractivity contribution in [3.05, 3.63) is 29.3 Å². The summed E-state index contributed by atoms with van der Waals surface area (Å²) in [6.07, 6.45) is -3.07. The number of benzene rings is 1. The van der Waals surface area contributed by atoms with Crippen molar-refractivity contribution in [2.45, 2.75) is 31.7 Å². The molecule has 1 aromatic rings. The molecule has 0 saturated heterocycles. The molecule has 0 heterocycles. The van der Waals surface area contributed by atoms with Gasteiger partial charge in [-0.2, -0.15) is 13.2 Å². The molecule has 0 atom stereocenters. The van der Waals surface area contributed by atoms with E-state index in [1.165, 1.54) is 6.07 Å². The molecule has 6 heteroatoms. The quantitative estimate of drug-likeness (QED) is 0.894. The molecule has 1 fully saturated rings. The van der Waals surface area contributed by atoms with Crippen LogP contribution in [0.5, 0.6) is 0 Å². The number of anilines is 1. The topological polar surface area (TPSA) is 49.5 Å². The summed E-state index contributed by atoms with van der Waals surface area (Å²) in [4.78, 5) is 1.92. The van der Waals surface area contributed by atoms with E-state index in [1.807, 2.05) is 11.9 Å². The minimum atomic E-state index is -4.35. The number of alkyl halides is 3. The smallest absolute Gasteiger partial charge is 0.393 e. The van der Waals surface area contributed by atoms with E-state index in [2.05, 4.69) is 0 Å². The Bertz CT molecular complexity index is 470. The highest BCUT2D eigenvalue weighted by Gasteiger charge is 2.32. The van der Waals surface area contributed by atoms with Gasteiger partial charge in [0.2, 0.25) is 0 Å². The van der Waals surface area contributed by atoms with Gasteiger partial charge in [-0.1, -0.05) is 0 Å². The summed E-state index contributed by atoms with van der Waals surface area (Å²) in [5.41, 5.74) is 6.11. The predicted molar refractivity (Wildman–Crippen MR) is 71.3 cm³/mol. The average Bonchev–Trinajstić information content (AvgIpc) is 2.35. The van der Waals surface area contributed by atoms with Crippen LogP contribution in [-0.4, -0.2) is 24.8 Å². The first-order chi connectivity index (χ1) is 9.31. The van der Waals surface area contributed by atoms with Gasteiger partial charge in [-0.15, -0.1) is 0 Å². The van der Waals surface area contributed by atoms with Crippen LogP contribution in [0.25, 0.3) is 0 Å². The first-order valence-electron chi connectivity index (χ1n) is 6.60. The molecular formula is C14H19F3N2O. The van der Waals surface area contributed by atoms with E-state index in [4.69, 9.17) is 5.73 Å². The molecule has 20 heavy (non-hydrogen) atoms. The molecule has 0 radical (unpaired) electrons. The van der Waals surface area contributed by atoms with Crippen molar-refractivity contribution < 1.29 is 18.3 Å². The Labute approximate surface area is 116 Å². The molecule has 0 unspecified atom stereocenters. The molecule has 112 valence electrons.